The van der Waals surface area contributed by atoms with Crippen LogP contribution in [-0.4, -0.2) is 22.0 Å². The van der Waals surface area contributed by atoms with Crippen LogP contribution in [0.5, 0.6) is 0 Å². The van der Waals surface area contributed by atoms with Crippen molar-refractivity contribution in [2.45, 2.75) is 46.6 Å². The monoisotopic (exact) mass is 310 g/mol. The van der Waals surface area contributed by atoms with Crippen LogP contribution in [0, 0.1) is 6.92 Å². The number of carbonyl (C=O) groups is 1. The fraction of sp³-hybridized carbons (Fsp3) is 0.500. The van der Waals surface area contributed by atoms with Crippen LogP contribution in [0.3, 0.4) is 0 Å². The van der Waals surface area contributed by atoms with Gasteiger partial charge in [0.2, 0.25) is 0 Å². The van der Waals surface area contributed by atoms with Crippen molar-refractivity contribution in [1.82, 2.24) is 9.97 Å². The number of rotatable bonds is 5. The highest BCUT2D eigenvalue weighted by Crippen LogP contribution is 2.32. The zero-order valence-corrected chi connectivity index (χ0v) is 13.7. The van der Waals surface area contributed by atoms with E-state index in [0.717, 1.165) is 32.6 Å². The Labute approximate surface area is 126 Å². The van der Waals surface area contributed by atoms with Gasteiger partial charge in [-0.15, -0.1) is 22.7 Å². The third kappa shape index (κ3) is 3.43. The Kier molecular flexibility index (Phi) is 4.88. The molecule has 20 heavy (non-hydrogen) atoms. The summed E-state index contributed by atoms with van der Waals surface area (Å²) in [6.45, 7) is 7.78. The molecule has 2 rings (SSSR count). The zero-order chi connectivity index (χ0) is 14.7. The fourth-order valence-corrected chi connectivity index (χ4v) is 3.66. The lowest BCUT2D eigenvalue weighted by molar-refractivity contribution is 0.0370. The van der Waals surface area contributed by atoms with Crippen molar-refractivity contribution in [3.63, 3.8) is 0 Å². The molecule has 2 aromatic heterocycles. The number of aromatic nitrogens is 2. The molecule has 0 aromatic carbocycles. The molecule has 0 aliphatic heterocycles. The van der Waals surface area contributed by atoms with E-state index < -0.39 is 0 Å². The maximum atomic E-state index is 12.1. The topological polar surface area (TPSA) is 52.1 Å². The summed E-state index contributed by atoms with van der Waals surface area (Å²) >= 11 is 3.13. The molecule has 0 aliphatic carbocycles. The first kappa shape index (κ1) is 15.1. The summed E-state index contributed by atoms with van der Waals surface area (Å²) in [5.41, 5.74) is 0.452. The lowest BCUT2D eigenvalue weighted by Gasteiger charge is -2.06. The molecule has 0 spiro atoms. The van der Waals surface area contributed by atoms with Crippen molar-refractivity contribution in [3.05, 3.63) is 21.6 Å². The van der Waals surface area contributed by atoms with E-state index in [-0.39, 0.29) is 12.1 Å². The van der Waals surface area contributed by atoms with Gasteiger partial charge in [0.15, 0.2) is 15.7 Å². The molecule has 108 valence electrons. The summed E-state index contributed by atoms with van der Waals surface area (Å²) in [5.74, 6) is -0.334. The van der Waals surface area contributed by atoms with Gasteiger partial charge in [-0.25, -0.2) is 14.8 Å². The highest BCUT2D eigenvalue weighted by molar-refractivity contribution is 7.21. The van der Waals surface area contributed by atoms with Gasteiger partial charge >= 0.3 is 5.97 Å². The van der Waals surface area contributed by atoms with Crippen molar-refractivity contribution in [3.8, 4) is 10.0 Å². The number of esters is 1. The Morgan fingerprint density at radius 2 is 2.10 bits per heavy atom. The van der Waals surface area contributed by atoms with Crippen molar-refractivity contribution in [2.24, 2.45) is 0 Å². The number of ether oxygens (including phenoxy) is 1. The standard InChI is InChI=1S/C14H18N2O2S2/c1-5-6-10-11(14(17)18-8(2)3)16-13(20-10)12-15-7-9(4)19-12/h7-8H,5-6H2,1-4H3. The van der Waals surface area contributed by atoms with Crippen molar-refractivity contribution >= 4 is 28.6 Å². The molecule has 0 saturated heterocycles. The molecule has 0 fully saturated rings. The van der Waals surface area contributed by atoms with Crippen LogP contribution >= 0.6 is 22.7 Å². The van der Waals surface area contributed by atoms with Gasteiger partial charge in [0.1, 0.15) is 0 Å². The van der Waals surface area contributed by atoms with Crippen molar-refractivity contribution in [1.29, 1.82) is 0 Å². The molecular weight excluding hydrogens is 292 g/mol. The molecular formula is C14H18N2O2S2. The largest absolute Gasteiger partial charge is 0.458 e. The second kappa shape index (κ2) is 6.45. The Morgan fingerprint density at radius 1 is 1.35 bits per heavy atom. The highest BCUT2D eigenvalue weighted by atomic mass is 32.1. The lowest BCUT2D eigenvalue weighted by Crippen LogP contribution is -2.13. The normalized spacial score (nSPS) is 11.1. The number of thiazole rings is 2. The zero-order valence-electron chi connectivity index (χ0n) is 12.1. The second-order valence-corrected chi connectivity index (χ2v) is 7.09. The van der Waals surface area contributed by atoms with Gasteiger partial charge in [0.05, 0.1) is 6.10 Å². The molecule has 0 unspecified atom stereocenters. The summed E-state index contributed by atoms with van der Waals surface area (Å²) in [4.78, 5) is 23.0. The van der Waals surface area contributed by atoms with E-state index in [0.29, 0.717) is 5.69 Å². The maximum absolute atomic E-state index is 12.1. The highest BCUT2D eigenvalue weighted by Gasteiger charge is 2.21. The number of nitrogens with zero attached hydrogens (tertiary/aromatic N) is 2. The Balaban J connectivity index is 2.35. The van der Waals surface area contributed by atoms with E-state index in [9.17, 15) is 4.79 Å². The van der Waals surface area contributed by atoms with Crippen LogP contribution in [0.1, 0.15) is 47.4 Å². The number of hydrogen-bond acceptors (Lipinski definition) is 6. The van der Waals surface area contributed by atoms with E-state index in [1.165, 1.54) is 0 Å². The summed E-state index contributed by atoms with van der Waals surface area (Å²) in [5, 5.41) is 1.68. The number of aryl methyl sites for hydroxylation is 2. The van der Waals surface area contributed by atoms with Crippen LogP contribution in [0.2, 0.25) is 0 Å². The molecule has 0 aliphatic rings. The predicted molar refractivity (Wildman–Crippen MR) is 82.5 cm³/mol. The smallest absolute Gasteiger partial charge is 0.358 e. The quantitative estimate of drug-likeness (QED) is 0.780. The SMILES string of the molecule is CCCc1sc(-c2ncc(C)s2)nc1C(=O)OC(C)C. The van der Waals surface area contributed by atoms with Crippen LogP contribution in [0.15, 0.2) is 6.20 Å². The molecule has 0 radical (unpaired) electrons. The summed E-state index contributed by atoms with van der Waals surface area (Å²) < 4.78 is 5.27. The first-order valence-electron chi connectivity index (χ1n) is 6.64. The lowest BCUT2D eigenvalue weighted by atomic mass is 10.2. The third-order valence-electron chi connectivity index (χ3n) is 2.51. The van der Waals surface area contributed by atoms with E-state index in [1.807, 2.05) is 27.0 Å². The minimum atomic E-state index is -0.334. The van der Waals surface area contributed by atoms with Crippen LogP contribution in [-0.2, 0) is 11.2 Å². The number of carbonyl (C=O) groups excluding carboxylic acids is 1. The van der Waals surface area contributed by atoms with Gasteiger partial charge in [-0.3, -0.25) is 0 Å². The van der Waals surface area contributed by atoms with Crippen LogP contribution < -0.4 is 0 Å². The van der Waals surface area contributed by atoms with E-state index in [4.69, 9.17) is 4.74 Å². The Bertz CT molecular complexity index is 602. The summed E-state index contributed by atoms with van der Waals surface area (Å²) in [7, 11) is 0. The van der Waals surface area contributed by atoms with Crippen LogP contribution in [0.4, 0.5) is 0 Å². The minimum absolute atomic E-state index is 0.135. The maximum Gasteiger partial charge on any atom is 0.358 e. The van der Waals surface area contributed by atoms with Crippen LogP contribution in [0.25, 0.3) is 10.0 Å². The first-order chi connectivity index (χ1) is 9.51. The molecule has 4 nitrogen and oxygen atoms in total. The van der Waals surface area contributed by atoms with Crippen molar-refractivity contribution < 1.29 is 9.53 Å². The number of hydrogen-bond donors (Lipinski definition) is 0. The molecule has 0 bridgehead atoms. The Morgan fingerprint density at radius 3 is 2.65 bits per heavy atom. The van der Waals surface area contributed by atoms with Gasteiger partial charge < -0.3 is 4.74 Å². The molecule has 2 aromatic rings. The predicted octanol–water partition coefficient (Wildman–Crippen LogP) is 4.09. The summed E-state index contributed by atoms with van der Waals surface area (Å²) in [6, 6.07) is 0. The average Bonchev–Trinajstić information content (AvgIpc) is 2.95. The average molecular weight is 310 g/mol. The van der Waals surface area contributed by atoms with E-state index >= 15 is 0 Å². The van der Waals surface area contributed by atoms with Gasteiger partial charge in [0.25, 0.3) is 0 Å². The van der Waals surface area contributed by atoms with Gasteiger partial charge in [-0.2, -0.15) is 0 Å². The fourth-order valence-electron chi connectivity index (χ4n) is 1.72. The molecule has 0 saturated carbocycles. The second-order valence-electron chi connectivity index (χ2n) is 4.77. The van der Waals surface area contributed by atoms with Gasteiger partial charge in [-0.1, -0.05) is 13.3 Å². The molecule has 2 heterocycles. The Hall–Kier alpha value is -1.27. The minimum Gasteiger partial charge on any atom is -0.458 e. The molecule has 0 N–H and O–H groups in total. The molecule has 6 heteroatoms. The van der Waals surface area contributed by atoms with E-state index in [2.05, 4.69) is 16.9 Å². The van der Waals surface area contributed by atoms with E-state index in [1.54, 1.807) is 22.7 Å². The third-order valence-corrected chi connectivity index (χ3v) is 4.69. The van der Waals surface area contributed by atoms with Gasteiger partial charge in [0, 0.05) is 16.0 Å². The molecule has 0 amide bonds. The molecule has 0 atom stereocenters. The van der Waals surface area contributed by atoms with Gasteiger partial charge in [-0.05, 0) is 27.2 Å². The first-order valence-corrected chi connectivity index (χ1v) is 8.28. The van der Waals surface area contributed by atoms with Crippen molar-refractivity contribution in [2.75, 3.05) is 0 Å². The summed E-state index contributed by atoms with van der Waals surface area (Å²) in [6.07, 6.45) is 3.50.